The van der Waals surface area contributed by atoms with Crippen molar-refractivity contribution < 1.29 is 9.53 Å². The van der Waals surface area contributed by atoms with Crippen LogP contribution in [0.5, 0.6) is 0 Å². The Labute approximate surface area is 141 Å². The van der Waals surface area contributed by atoms with Crippen molar-refractivity contribution in [2.45, 2.75) is 73.5 Å². The van der Waals surface area contributed by atoms with Gasteiger partial charge in [-0.25, -0.2) is 4.79 Å². The molecule has 1 rings (SSSR count). The third-order valence-electron chi connectivity index (χ3n) is 2.98. The number of carbonyl (C=O) groups is 1. The third kappa shape index (κ3) is 9.01. The lowest BCUT2D eigenvalue weighted by Crippen LogP contribution is -2.16. The zero-order valence-corrected chi connectivity index (χ0v) is 15.6. The number of ether oxygens (including phenoxy) is 1. The Kier molecular flexibility index (Phi) is 10.8. The van der Waals surface area contributed by atoms with Crippen molar-refractivity contribution in [2.24, 2.45) is 0 Å². The van der Waals surface area contributed by atoms with E-state index >= 15 is 0 Å². The molecule has 1 aromatic heterocycles. The quantitative estimate of drug-likeness (QED) is 0.591. The Morgan fingerprint density at radius 3 is 2.48 bits per heavy atom. The monoisotopic (exact) mass is 320 g/mol. The molecule has 0 saturated carbocycles. The molecule has 0 spiro atoms. The zero-order valence-electron chi connectivity index (χ0n) is 15.6. The van der Waals surface area contributed by atoms with E-state index in [0.717, 1.165) is 23.4 Å². The van der Waals surface area contributed by atoms with Crippen molar-refractivity contribution in [1.29, 1.82) is 0 Å². The van der Waals surface area contributed by atoms with Gasteiger partial charge in [0.25, 0.3) is 0 Å². The number of pyridine rings is 1. The van der Waals surface area contributed by atoms with Crippen molar-refractivity contribution in [3.63, 3.8) is 0 Å². The van der Waals surface area contributed by atoms with E-state index < -0.39 is 0 Å². The highest BCUT2D eigenvalue weighted by Gasteiger charge is 2.05. The fourth-order valence-electron chi connectivity index (χ4n) is 1.82. The first-order valence-electron chi connectivity index (χ1n) is 8.52. The number of nitrogens with zero attached hydrogens (tertiary/aromatic N) is 1. The highest BCUT2D eigenvalue weighted by Crippen LogP contribution is 2.13. The van der Waals surface area contributed by atoms with Gasteiger partial charge < -0.3 is 10.1 Å². The summed E-state index contributed by atoms with van der Waals surface area (Å²) in [5.41, 5.74) is 3.12. The van der Waals surface area contributed by atoms with Crippen LogP contribution in [0.25, 0.3) is 0 Å². The van der Waals surface area contributed by atoms with Gasteiger partial charge in [-0.15, -0.1) is 0 Å². The maximum Gasteiger partial charge on any atom is 0.332 e. The van der Waals surface area contributed by atoms with E-state index in [1.54, 1.807) is 0 Å². The molecular formula is C19H32N2O2. The smallest absolute Gasteiger partial charge is 0.332 e. The Hall–Kier alpha value is -1.84. The second-order valence-electron chi connectivity index (χ2n) is 5.61. The Balaban J connectivity index is 0.00000232. The molecule has 130 valence electrons. The molecule has 0 radical (unpaired) electrons. The summed E-state index contributed by atoms with van der Waals surface area (Å²) in [6, 6.07) is 4.08. The van der Waals surface area contributed by atoms with Gasteiger partial charge in [-0.3, -0.25) is 4.98 Å². The van der Waals surface area contributed by atoms with Crippen LogP contribution in [-0.4, -0.2) is 17.1 Å². The largest absolute Gasteiger partial charge is 0.460 e. The van der Waals surface area contributed by atoms with Gasteiger partial charge in [0.05, 0.1) is 6.10 Å². The minimum Gasteiger partial charge on any atom is -0.460 e. The van der Waals surface area contributed by atoms with Crippen LogP contribution in [0.1, 0.15) is 72.1 Å². The van der Waals surface area contributed by atoms with E-state index in [-0.39, 0.29) is 12.1 Å². The summed E-state index contributed by atoms with van der Waals surface area (Å²) in [5, 5.41) is 3.29. The lowest BCUT2D eigenvalue weighted by atomic mass is 10.1. The van der Waals surface area contributed by atoms with E-state index in [0.29, 0.717) is 12.5 Å². The highest BCUT2D eigenvalue weighted by atomic mass is 16.5. The van der Waals surface area contributed by atoms with Crippen LogP contribution in [-0.2, 0) is 16.1 Å². The Bertz CT molecular complexity index is 494. The summed E-state index contributed by atoms with van der Waals surface area (Å²) in [6.45, 7) is 14.6. The zero-order chi connectivity index (χ0) is 17.8. The van der Waals surface area contributed by atoms with Gasteiger partial charge in [-0.1, -0.05) is 34.6 Å². The van der Waals surface area contributed by atoms with Crippen LogP contribution < -0.4 is 5.32 Å². The van der Waals surface area contributed by atoms with Crippen molar-refractivity contribution >= 4 is 5.97 Å². The lowest BCUT2D eigenvalue weighted by Gasteiger charge is -2.12. The van der Waals surface area contributed by atoms with Crippen molar-refractivity contribution in [3.8, 4) is 0 Å². The molecule has 0 aliphatic heterocycles. The van der Waals surface area contributed by atoms with E-state index in [1.807, 2.05) is 46.9 Å². The van der Waals surface area contributed by atoms with Gasteiger partial charge >= 0.3 is 5.97 Å². The van der Waals surface area contributed by atoms with Gasteiger partial charge in [0, 0.05) is 30.2 Å². The number of aromatic nitrogens is 1. The minimum absolute atomic E-state index is 0.0966. The van der Waals surface area contributed by atoms with E-state index in [2.05, 4.69) is 30.2 Å². The van der Waals surface area contributed by atoms with Gasteiger partial charge in [0.1, 0.15) is 0 Å². The summed E-state index contributed by atoms with van der Waals surface area (Å²) in [6.07, 6.45) is 4.02. The van der Waals surface area contributed by atoms with E-state index in [1.165, 1.54) is 6.08 Å². The second-order valence-corrected chi connectivity index (χ2v) is 5.61. The van der Waals surface area contributed by atoms with Crippen molar-refractivity contribution in [3.05, 3.63) is 41.4 Å². The summed E-state index contributed by atoms with van der Waals surface area (Å²) >= 11 is 0. The first-order valence-corrected chi connectivity index (χ1v) is 8.52. The van der Waals surface area contributed by atoms with Crippen LogP contribution in [0.2, 0.25) is 0 Å². The molecule has 0 saturated heterocycles. The highest BCUT2D eigenvalue weighted by molar-refractivity contribution is 5.82. The van der Waals surface area contributed by atoms with Crippen LogP contribution >= 0.6 is 0 Å². The molecule has 0 unspecified atom stereocenters. The van der Waals surface area contributed by atoms with Gasteiger partial charge in [-0.2, -0.15) is 0 Å². The molecule has 0 amide bonds. The maximum absolute atomic E-state index is 11.6. The fourth-order valence-corrected chi connectivity index (χ4v) is 1.82. The predicted molar refractivity (Wildman–Crippen MR) is 96.1 cm³/mol. The van der Waals surface area contributed by atoms with Crippen LogP contribution in [0.3, 0.4) is 0 Å². The normalized spacial score (nSPS) is 11.1. The van der Waals surface area contributed by atoms with Crippen LogP contribution in [0.4, 0.5) is 0 Å². The molecule has 0 aromatic carbocycles. The van der Waals surface area contributed by atoms with Crippen molar-refractivity contribution in [2.75, 3.05) is 0 Å². The molecule has 4 heteroatoms. The fraction of sp³-hybridized carbons (Fsp3) is 0.579. The standard InChI is InChI=1S/C17H26N2O2.C2H6/c1-6-15(10-17(20)21-13(4)5)19-11-14-7-8-18-16(9-14)12(2)3;1-2/h7-10,12-13,19H,6,11H2,1-5H3;1-2H3/b15-10-;. The van der Waals surface area contributed by atoms with Gasteiger partial charge in [0.2, 0.25) is 0 Å². The SMILES string of the molecule is CC.CC/C(=C/C(=O)OC(C)C)NCc1ccnc(C(C)C)c1. The molecule has 1 N–H and O–H groups in total. The van der Waals surface area contributed by atoms with Gasteiger partial charge in [0.15, 0.2) is 0 Å². The summed E-state index contributed by atoms with van der Waals surface area (Å²) in [7, 11) is 0. The number of hydrogen-bond acceptors (Lipinski definition) is 4. The number of rotatable bonds is 7. The molecule has 1 aromatic rings. The topological polar surface area (TPSA) is 51.2 Å². The average molecular weight is 320 g/mol. The molecule has 0 aliphatic carbocycles. The molecule has 0 aliphatic rings. The first kappa shape index (κ1) is 21.2. The van der Waals surface area contributed by atoms with E-state index in [4.69, 9.17) is 4.74 Å². The van der Waals surface area contributed by atoms with Gasteiger partial charge in [-0.05, 0) is 43.9 Å². The number of esters is 1. The molecule has 4 nitrogen and oxygen atoms in total. The Morgan fingerprint density at radius 1 is 1.30 bits per heavy atom. The van der Waals surface area contributed by atoms with Crippen LogP contribution in [0.15, 0.2) is 30.1 Å². The first-order chi connectivity index (χ1) is 10.9. The summed E-state index contributed by atoms with van der Waals surface area (Å²) < 4.78 is 5.12. The summed E-state index contributed by atoms with van der Waals surface area (Å²) in [5.74, 6) is 0.110. The number of nitrogens with one attached hydrogen (secondary N) is 1. The molecule has 0 bridgehead atoms. The molecular weight excluding hydrogens is 288 g/mol. The number of carbonyl (C=O) groups excluding carboxylic acids is 1. The van der Waals surface area contributed by atoms with Crippen molar-refractivity contribution in [1.82, 2.24) is 10.3 Å². The molecule has 0 fully saturated rings. The molecule has 23 heavy (non-hydrogen) atoms. The van der Waals surface area contributed by atoms with E-state index in [9.17, 15) is 4.79 Å². The predicted octanol–water partition coefficient (Wildman–Crippen LogP) is 4.57. The second kappa shape index (κ2) is 11.7. The number of hydrogen-bond donors (Lipinski definition) is 1. The summed E-state index contributed by atoms with van der Waals surface area (Å²) in [4.78, 5) is 16.0. The molecule has 0 atom stereocenters. The van der Waals surface area contributed by atoms with Crippen LogP contribution in [0, 0.1) is 0 Å². The lowest BCUT2D eigenvalue weighted by molar-refractivity contribution is -0.141. The minimum atomic E-state index is -0.299. The third-order valence-corrected chi connectivity index (χ3v) is 2.98. The maximum atomic E-state index is 11.6. The Morgan fingerprint density at radius 2 is 1.96 bits per heavy atom. The average Bonchev–Trinajstić information content (AvgIpc) is 2.52. The molecule has 1 heterocycles. The number of allylic oxidation sites excluding steroid dienone is 1.